The Kier molecular flexibility index (Phi) is 17.2. The molecule has 0 heterocycles. The van der Waals surface area contributed by atoms with E-state index in [4.69, 9.17) is 3.17 Å². The third-order valence-electron chi connectivity index (χ3n) is 1.14. The van der Waals surface area contributed by atoms with Gasteiger partial charge in [-0.1, -0.05) is 26.2 Å². The van der Waals surface area contributed by atoms with Crippen LogP contribution in [-0.2, 0) is 3.17 Å². The second-order valence-corrected chi connectivity index (χ2v) is 2.38. The molecule has 0 saturated heterocycles. The van der Waals surface area contributed by atoms with E-state index in [1.165, 1.54) is 25.7 Å². The molecule has 3 heteroatoms. The van der Waals surface area contributed by atoms with Gasteiger partial charge in [-0.2, -0.15) is 0 Å². The molecule has 0 saturated carbocycles. The molecule has 0 aromatic rings. The Morgan fingerprint density at radius 3 is 2.33 bits per heavy atom. The molecule has 1 nitrogen and oxygen atoms in total. The van der Waals surface area contributed by atoms with Crippen LogP contribution in [0.3, 0.4) is 0 Å². The first-order valence-corrected chi connectivity index (χ1v) is 3.86. The van der Waals surface area contributed by atoms with Gasteiger partial charge in [-0.15, -0.1) is 0 Å². The fourth-order valence-corrected chi connectivity index (χ4v) is 0.835. The van der Waals surface area contributed by atoms with Gasteiger partial charge in [-0.25, -0.2) is 0 Å². The van der Waals surface area contributed by atoms with Crippen molar-refractivity contribution in [2.24, 2.45) is 0 Å². The lowest BCUT2D eigenvalue weighted by molar-refractivity contribution is 0.334. The van der Waals surface area contributed by atoms with Crippen LogP contribution in [0.15, 0.2) is 0 Å². The minimum atomic E-state index is 0. The molecule has 0 atom stereocenters. The van der Waals surface area contributed by atoms with E-state index in [1.54, 1.807) is 22.1 Å². The molecule has 0 aliphatic carbocycles. The molecule has 0 aliphatic heterocycles. The number of unbranched alkanes of at least 4 members (excludes halogenated alkanes) is 3. The first-order valence-electron chi connectivity index (χ1n) is 3.28. The number of hydrogen-bond donors (Lipinski definition) is 0. The van der Waals surface area contributed by atoms with E-state index in [9.17, 15) is 0 Å². The van der Waals surface area contributed by atoms with Crippen LogP contribution in [0.2, 0.25) is 0 Å². The van der Waals surface area contributed by atoms with E-state index in [2.05, 4.69) is 6.92 Å². The lowest BCUT2D eigenvalue weighted by Gasteiger charge is -1.98. The first-order chi connectivity index (χ1) is 3.91. The fraction of sp³-hybridized carbons (Fsp3) is 1.00. The van der Waals surface area contributed by atoms with Crippen LogP contribution < -0.4 is 0 Å². The molecule has 9 heavy (non-hydrogen) atoms. The molecule has 0 bridgehead atoms. The first kappa shape index (κ1) is 12.9. The Morgan fingerprint density at radius 1 is 1.22 bits per heavy atom. The number of rotatable bonds is 5. The highest BCUT2D eigenvalue weighted by atomic mass is 27.0. The van der Waals surface area contributed by atoms with Crippen molar-refractivity contribution in [3.05, 3.63) is 0 Å². The van der Waals surface area contributed by atoms with E-state index in [1.807, 2.05) is 0 Å². The summed E-state index contributed by atoms with van der Waals surface area (Å²) < 4.78 is 4.92. The van der Waals surface area contributed by atoms with E-state index in [-0.39, 0.29) is 17.4 Å². The van der Waals surface area contributed by atoms with E-state index in [0.29, 0.717) is 0 Å². The van der Waals surface area contributed by atoms with Crippen LogP contribution in [0.25, 0.3) is 0 Å². The Balaban J connectivity index is 0. The fourth-order valence-electron chi connectivity index (χ4n) is 0.631. The predicted octanol–water partition coefficient (Wildman–Crippen LogP) is 1.29. The monoisotopic (exact) mass is 152 g/mol. The van der Waals surface area contributed by atoms with Gasteiger partial charge in [-0.3, -0.25) is 0 Å². The predicted molar refractivity (Wildman–Crippen MR) is 41.6 cm³/mol. The largest absolute Gasteiger partial charge is 0.584 e. The summed E-state index contributed by atoms with van der Waals surface area (Å²) in [6.45, 7) is 3.16. The summed E-state index contributed by atoms with van der Waals surface area (Å²) in [5, 5.41) is 0. The zero-order valence-electron chi connectivity index (χ0n) is 6.23. The highest BCUT2D eigenvalue weighted by Crippen LogP contribution is 1.97. The number of hydrogen-bond acceptors (Lipinski definition) is 1. The lowest BCUT2D eigenvalue weighted by atomic mass is 10.2. The summed E-state index contributed by atoms with van der Waals surface area (Å²) >= 11 is 1.59. The summed E-state index contributed by atoms with van der Waals surface area (Å²) in [5.74, 6) is 0. The smallest absolute Gasteiger partial charge is 0.452 e. The Morgan fingerprint density at radius 2 is 1.89 bits per heavy atom. The van der Waals surface area contributed by atoms with E-state index >= 15 is 0 Å². The third-order valence-corrected chi connectivity index (χ3v) is 1.43. The highest BCUT2D eigenvalue weighted by Gasteiger charge is 1.82. The summed E-state index contributed by atoms with van der Waals surface area (Å²) in [4.78, 5) is 0. The topological polar surface area (TPSA) is 9.23 Å². The molecule has 0 fully saturated rings. The highest BCUT2D eigenvalue weighted by molar-refractivity contribution is 5.97. The van der Waals surface area contributed by atoms with Gasteiger partial charge in [0.2, 0.25) is 0 Å². The molecule has 48 valence electrons. The van der Waals surface area contributed by atoms with Crippen molar-refractivity contribution in [2.45, 2.75) is 32.6 Å². The third kappa shape index (κ3) is 12.5. The normalized spacial score (nSPS) is 8.44. The Bertz CT molecular complexity index is 38.0. The second kappa shape index (κ2) is 12.0. The second-order valence-electron chi connectivity index (χ2n) is 1.97. The molecule has 4 radical (unpaired) electrons. The van der Waals surface area contributed by atoms with E-state index in [0.717, 1.165) is 6.61 Å². The lowest BCUT2D eigenvalue weighted by Crippen LogP contribution is -1.88. The van der Waals surface area contributed by atoms with Crippen molar-refractivity contribution < 1.29 is 3.17 Å². The molecule has 0 aliphatic rings. The average molecular weight is 152 g/mol. The molecule has 0 aromatic carbocycles. The Labute approximate surface area is 81.6 Å². The van der Waals surface area contributed by atoms with Crippen LogP contribution in [-0.4, -0.2) is 46.1 Å². The SMILES string of the molecule is CCCCCC[O][Mg].[Al]. The van der Waals surface area contributed by atoms with Crippen LogP contribution in [0, 0.1) is 0 Å². The minimum absolute atomic E-state index is 0. The molecule has 0 rings (SSSR count). The molecule has 0 amide bonds. The molecule has 0 N–H and O–H groups in total. The van der Waals surface area contributed by atoms with Crippen molar-refractivity contribution in [3.63, 3.8) is 0 Å². The van der Waals surface area contributed by atoms with Crippen LogP contribution in [0.5, 0.6) is 0 Å². The van der Waals surface area contributed by atoms with Gasteiger partial charge in [0.25, 0.3) is 0 Å². The zero-order chi connectivity index (χ0) is 6.24. The van der Waals surface area contributed by atoms with Gasteiger partial charge in [-0.05, 0) is 6.42 Å². The van der Waals surface area contributed by atoms with Gasteiger partial charge in [0.05, 0.1) is 0 Å². The Hall–Kier alpha value is 1.26. The van der Waals surface area contributed by atoms with Crippen LogP contribution in [0.4, 0.5) is 0 Å². The quantitative estimate of drug-likeness (QED) is 0.426. The van der Waals surface area contributed by atoms with Gasteiger partial charge in [0.15, 0.2) is 0 Å². The molecule has 0 spiro atoms. The van der Waals surface area contributed by atoms with Crippen molar-refractivity contribution in [1.82, 2.24) is 0 Å². The standard InChI is InChI=1S/C6H13O.Al.Mg/c1-2-3-4-5-6-7;;/h2-6H2,1H3;;/q-1;;+1. The summed E-state index contributed by atoms with van der Waals surface area (Å²) in [6, 6.07) is 0. The van der Waals surface area contributed by atoms with E-state index < -0.39 is 0 Å². The van der Waals surface area contributed by atoms with Crippen LogP contribution >= 0.6 is 0 Å². The van der Waals surface area contributed by atoms with Gasteiger partial charge in [0.1, 0.15) is 0 Å². The minimum Gasteiger partial charge on any atom is -0.584 e. The maximum Gasteiger partial charge on any atom is 0.452 e. The maximum absolute atomic E-state index is 4.92. The van der Waals surface area contributed by atoms with Crippen molar-refractivity contribution in [3.8, 4) is 0 Å². The molecular formula is C6H13AlMgO. The summed E-state index contributed by atoms with van der Waals surface area (Å²) in [6.07, 6.45) is 5.23. The molecule has 0 unspecified atom stereocenters. The maximum atomic E-state index is 4.92. The molecular weight excluding hydrogens is 139 g/mol. The zero-order valence-corrected chi connectivity index (χ0v) is 8.80. The summed E-state index contributed by atoms with van der Waals surface area (Å²) in [5.41, 5.74) is 0. The van der Waals surface area contributed by atoms with Crippen molar-refractivity contribution in [2.75, 3.05) is 6.61 Å². The van der Waals surface area contributed by atoms with Gasteiger partial charge in [0, 0.05) is 24.0 Å². The molecule has 0 aromatic heterocycles. The van der Waals surface area contributed by atoms with Gasteiger partial charge >= 0.3 is 22.1 Å². The van der Waals surface area contributed by atoms with Crippen LogP contribution in [0.1, 0.15) is 32.6 Å². The van der Waals surface area contributed by atoms with Gasteiger partial charge < -0.3 is 3.17 Å². The van der Waals surface area contributed by atoms with Crippen molar-refractivity contribution in [1.29, 1.82) is 0 Å². The van der Waals surface area contributed by atoms with Crippen molar-refractivity contribution >= 4 is 39.5 Å². The summed E-state index contributed by atoms with van der Waals surface area (Å²) in [7, 11) is 0. The average Bonchev–Trinajstić information content (AvgIpc) is 1.81.